The van der Waals surface area contributed by atoms with E-state index in [0.29, 0.717) is 37.1 Å². The van der Waals surface area contributed by atoms with Crippen molar-refractivity contribution in [3.63, 3.8) is 0 Å². The van der Waals surface area contributed by atoms with Gasteiger partial charge in [-0.1, -0.05) is 18.2 Å². The summed E-state index contributed by atoms with van der Waals surface area (Å²) in [5.41, 5.74) is 13.4. The van der Waals surface area contributed by atoms with E-state index in [4.69, 9.17) is 10.5 Å². The molecule has 2 aliphatic rings. The molecule has 0 bridgehead atoms. The van der Waals surface area contributed by atoms with Gasteiger partial charge in [-0.3, -0.25) is 15.6 Å². The van der Waals surface area contributed by atoms with Gasteiger partial charge in [-0.15, -0.1) is 0 Å². The maximum atomic E-state index is 12.9. The number of hydrogen-bond acceptors (Lipinski definition) is 7. The van der Waals surface area contributed by atoms with Gasteiger partial charge in [0.2, 0.25) is 5.95 Å². The SMILES string of the molecule is Cc1cc(C(=O)N2CCC3NNC(COc4ccccc4)C3C2)nc(N)n1. The fraction of sp³-hybridized carbons (Fsp3) is 0.421. The number of carbonyl (C=O) groups excluding carboxylic acids is 1. The molecular weight excluding hydrogens is 344 g/mol. The molecule has 2 fully saturated rings. The Labute approximate surface area is 158 Å². The fourth-order valence-electron chi connectivity index (χ4n) is 3.81. The molecular formula is C19H24N6O2. The van der Waals surface area contributed by atoms with Crippen LogP contribution in [0.5, 0.6) is 5.75 Å². The van der Waals surface area contributed by atoms with Crippen LogP contribution < -0.4 is 21.3 Å². The summed E-state index contributed by atoms with van der Waals surface area (Å²) in [4.78, 5) is 22.9. The first-order valence-electron chi connectivity index (χ1n) is 9.19. The summed E-state index contributed by atoms with van der Waals surface area (Å²) >= 11 is 0. The van der Waals surface area contributed by atoms with E-state index in [1.807, 2.05) is 42.2 Å². The number of hydrogen-bond donors (Lipinski definition) is 3. The standard InChI is InChI=1S/C19H24N6O2/c1-12-9-16(22-19(20)21-12)18(26)25-8-7-15-14(10-25)17(24-23-15)11-27-13-5-3-2-4-6-13/h2-6,9,14-15,17,23-24H,7-8,10-11H2,1H3,(H2,20,21,22). The van der Waals surface area contributed by atoms with Crippen LogP contribution in [0.3, 0.4) is 0 Å². The van der Waals surface area contributed by atoms with E-state index in [-0.39, 0.29) is 23.8 Å². The van der Waals surface area contributed by atoms with Gasteiger partial charge in [0.1, 0.15) is 18.1 Å². The van der Waals surface area contributed by atoms with Crippen LogP contribution in [0.2, 0.25) is 0 Å². The first kappa shape index (κ1) is 17.7. The average molecular weight is 368 g/mol. The average Bonchev–Trinajstić information content (AvgIpc) is 3.08. The number of amides is 1. The van der Waals surface area contributed by atoms with Crippen LogP contribution in [0.1, 0.15) is 22.6 Å². The number of aromatic nitrogens is 2. The number of aryl methyl sites for hydroxylation is 1. The van der Waals surface area contributed by atoms with Crippen molar-refractivity contribution in [3.05, 3.63) is 47.8 Å². The molecule has 0 saturated carbocycles. The molecule has 4 rings (SSSR count). The smallest absolute Gasteiger partial charge is 0.272 e. The van der Waals surface area contributed by atoms with E-state index in [0.717, 1.165) is 12.2 Å². The molecule has 2 aromatic rings. The minimum Gasteiger partial charge on any atom is -0.492 e. The highest BCUT2D eigenvalue weighted by molar-refractivity contribution is 5.92. The summed E-state index contributed by atoms with van der Waals surface area (Å²) in [5.74, 6) is 1.15. The van der Waals surface area contributed by atoms with Gasteiger partial charge >= 0.3 is 0 Å². The summed E-state index contributed by atoms with van der Waals surface area (Å²) < 4.78 is 5.91. The molecule has 3 atom stereocenters. The van der Waals surface area contributed by atoms with Crippen molar-refractivity contribution in [1.82, 2.24) is 25.7 Å². The summed E-state index contributed by atoms with van der Waals surface area (Å²) in [6.07, 6.45) is 0.880. The Hall–Kier alpha value is -2.71. The highest BCUT2D eigenvalue weighted by Crippen LogP contribution is 2.26. The van der Waals surface area contributed by atoms with Crippen LogP contribution >= 0.6 is 0 Å². The van der Waals surface area contributed by atoms with E-state index in [1.54, 1.807) is 6.07 Å². The Morgan fingerprint density at radius 3 is 2.89 bits per heavy atom. The number of nitrogens with two attached hydrogens (primary N) is 1. The summed E-state index contributed by atoms with van der Waals surface area (Å²) in [6.45, 7) is 3.68. The van der Waals surface area contributed by atoms with E-state index in [1.165, 1.54) is 0 Å². The maximum absolute atomic E-state index is 12.9. The zero-order valence-electron chi connectivity index (χ0n) is 15.3. The number of benzene rings is 1. The van der Waals surface area contributed by atoms with E-state index >= 15 is 0 Å². The lowest BCUT2D eigenvalue weighted by Gasteiger charge is -2.35. The Morgan fingerprint density at radius 1 is 1.30 bits per heavy atom. The second-order valence-electron chi connectivity index (χ2n) is 7.08. The third kappa shape index (κ3) is 3.86. The normalized spacial score (nSPS) is 24.5. The number of piperidine rings is 1. The molecule has 0 radical (unpaired) electrons. The number of ether oxygens (including phenoxy) is 1. The number of fused-ring (bicyclic) bond motifs is 1. The Kier molecular flexibility index (Phi) is 4.91. The minimum atomic E-state index is -0.0970. The van der Waals surface area contributed by atoms with Gasteiger partial charge in [-0.05, 0) is 31.5 Å². The molecule has 1 amide bonds. The van der Waals surface area contributed by atoms with Gasteiger partial charge in [0.15, 0.2) is 0 Å². The highest BCUT2D eigenvalue weighted by atomic mass is 16.5. The number of rotatable bonds is 4. The molecule has 2 saturated heterocycles. The molecule has 8 heteroatoms. The molecule has 142 valence electrons. The molecule has 27 heavy (non-hydrogen) atoms. The summed E-state index contributed by atoms with van der Waals surface area (Å²) in [7, 11) is 0. The molecule has 3 unspecified atom stereocenters. The second-order valence-corrected chi connectivity index (χ2v) is 7.08. The highest BCUT2D eigenvalue weighted by Gasteiger charge is 2.41. The van der Waals surface area contributed by atoms with Gasteiger partial charge in [-0.25, -0.2) is 9.97 Å². The first-order chi connectivity index (χ1) is 13.1. The van der Waals surface area contributed by atoms with Crippen molar-refractivity contribution < 1.29 is 9.53 Å². The molecule has 3 heterocycles. The topological polar surface area (TPSA) is 105 Å². The Bertz CT molecular complexity index is 795. The first-order valence-corrected chi connectivity index (χ1v) is 9.19. The number of para-hydroxylation sites is 1. The lowest BCUT2D eigenvalue weighted by atomic mass is 9.88. The van der Waals surface area contributed by atoms with E-state index in [2.05, 4.69) is 20.8 Å². The van der Waals surface area contributed by atoms with Gasteiger partial charge in [0.25, 0.3) is 5.91 Å². The molecule has 0 spiro atoms. The predicted molar refractivity (Wildman–Crippen MR) is 101 cm³/mol. The number of anilines is 1. The zero-order valence-corrected chi connectivity index (χ0v) is 15.3. The van der Waals surface area contributed by atoms with Crippen LogP contribution in [0.4, 0.5) is 5.95 Å². The van der Waals surface area contributed by atoms with Crippen molar-refractivity contribution in [3.8, 4) is 5.75 Å². The zero-order chi connectivity index (χ0) is 18.8. The number of carbonyl (C=O) groups is 1. The molecule has 8 nitrogen and oxygen atoms in total. The third-order valence-electron chi connectivity index (χ3n) is 5.18. The molecule has 1 aromatic heterocycles. The van der Waals surface area contributed by atoms with Crippen LogP contribution in [0.15, 0.2) is 36.4 Å². The van der Waals surface area contributed by atoms with Crippen molar-refractivity contribution in [1.29, 1.82) is 0 Å². The van der Waals surface area contributed by atoms with Crippen molar-refractivity contribution in [2.45, 2.75) is 25.4 Å². The van der Waals surface area contributed by atoms with Crippen LogP contribution in [0, 0.1) is 12.8 Å². The van der Waals surface area contributed by atoms with Gasteiger partial charge in [-0.2, -0.15) is 0 Å². The van der Waals surface area contributed by atoms with Crippen molar-refractivity contribution >= 4 is 11.9 Å². The number of hydrazine groups is 1. The third-order valence-corrected chi connectivity index (χ3v) is 5.18. The van der Waals surface area contributed by atoms with Gasteiger partial charge < -0.3 is 15.4 Å². The Balaban J connectivity index is 1.42. The largest absolute Gasteiger partial charge is 0.492 e. The van der Waals surface area contributed by atoms with E-state index < -0.39 is 0 Å². The fourth-order valence-corrected chi connectivity index (χ4v) is 3.81. The van der Waals surface area contributed by atoms with Crippen LogP contribution in [0.25, 0.3) is 0 Å². The van der Waals surface area contributed by atoms with Gasteiger partial charge in [0, 0.05) is 30.7 Å². The lowest BCUT2D eigenvalue weighted by molar-refractivity contribution is 0.0634. The Morgan fingerprint density at radius 2 is 2.11 bits per heavy atom. The molecule has 1 aromatic carbocycles. The molecule has 2 aliphatic heterocycles. The number of nitrogens with zero attached hydrogens (tertiary/aromatic N) is 3. The summed E-state index contributed by atoms with van der Waals surface area (Å²) in [6, 6.07) is 11.9. The molecule has 0 aliphatic carbocycles. The van der Waals surface area contributed by atoms with Crippen molar-refractivity contribution in [2.75, 3.05) is 25.4 Å². The minimum absolute atomic E-state index is 0.0970. The van der Waals surface area contributed by atoms with Crippen LogP contribution in [-0.2, 0) is 0 Å². The lowest BCUT2D eigenvalue weighted by Crippen LogP contribution is -2.49. The monoisotopic (exact) mass is 368 g/mol. The predicted octanol–water partition coefficient (Wildman–Crippen LogP) is 0.753. The number of likely N-dealkylation sites (tertiary alicyclic amines) is 1. The summed E-state index contributed by atoms with van der Waals surface area (Å²) in [5, 5.41) is 0. The van der Waals surface area contributed by atoms with E-state index in [9.17, 15) is 4.79 Å². The number of nitrogen functional groups attached to an aromatic ring is 1. The number of nitrogens with one attached hydrogen (secondary N) is 2. The molecule has 4 N–H and O–H groups in total. The van der Waals surface area contributed by atoms with Crippen molar-refractivity contribution in [2.24, 2.45) is 5.92 Å². The maximum Gasteiger partial charge on any atom is 0.272 e. The second kappa shape index (κ2) is 7.50. The van der Waals surface area contributed by atoms with Crippen LogP contribution in [-0.4, -0.2) is 52.6 Å². The quantitative estimate of drug-likeness (QED) is 0.731. The van der Waals surface area contributed by atoms with Gasteiger partial charge in [0.05, 0.1) is 6.04 Å².